The second kappa shape index (κ2) is 47.9. The van der Waals surface area contributed by atoms with Crippen LogP contribution in [0.15, 0.2) is 12.1 Å². The molecule has 0 bridgehead atoms. The highest BCUT2D eigenvalue weighted by Crippen LogP contribution is 2.49. The molecule has 0 aliphatic carbocycles. The van der Waals surface area contributed by atoms with Crippen LogP contribution >= 0.6 is 0 Å². The number of aromatic hydroxyl groups is 1. The van der Waals surface area contributed by atoms with Gasteiger partial charge in [0.1, 0.15) is 48.5 Å². The molecule has 139 heavy (non-hydrogen) atoms. The van der Waals surface area contributed by atoms with Gasteiger partial charge in [-0.3, -0.25) is 67.9 Å². The van der Waals surface area contributed by atoms with Crippen LogP contribution < -0.4 is 0 Å². The van der Waals surface area contributed by atoms with Crippen molar-refractivity contribution in [1.82, 2.24) is 34.3 Å². The largest absolute Gasteiger partial charge is 0.507 e. The van der Waals surface area contributed by atoms with E-state index in [4.69, 9.17) is 33.2 Å². The fraction of sp³-hybridized carbons (Fsp3) is 0.889. The molecule has 7 saturated heterocycles. The Balaban J connectivity index is 0.000000371. The smallest absolute Gasteiger partial charge is 0.310 e. The van der Waals surface area contributed by atoms with Crippen LogP contribution in [0.4, 0.5) is 0 Å². The summed E-state index contributed by atoms with van der Waals surface area (Å²) < 4.78 is 43.2. The molecule has 0 aromatic heterocycles. The Labute approximate surface area is 850 Å². The standard InChI is InChI=1S/C48H86N4O8.C31H53NO3.C30H56N2O4.C8H18/c1-41(2)23-31(24-42(3,4)49(41)17)57-37(53)21-35(39(55)59-33-27-45(9,10)51(19)46(11,12)28-33)36(40(56)60-34-29-47(13,14)52(20)48(15,16)30-34)22-38(54)58-32-25-43(5,6)50(18)44(7,8)26-32;1-13-14-15-22(27(34)35-23-19-30(8,9)32(12)31(10,11)20-23)16-21-17-24(28(2,3)4)26(33)25(18-21)29(5,6)7;1-27(2)19-23(20-28(3,4)31(27)9)35-25(33)17-15-13-11-12-14-16-18-26(34)36-24-21-29(5,6)32(10)30(7,8)22-24;1-5-7(3)8(4)6-2/h31-36H,21-30H2,1-20H3;17-18,22-23,33H,13-16,19-20H2,1-12H3;23-24H,11-22H2,1-10H3;7-8H,5-6H2,1-4H3. The van der Waals surface area contributed by atoms with E-state index in [2.05, 4.69) is 366 Å². The average Bonchev–Trinajstić information content (AvgIpc) is 0.728. The highest BCUT2D eigenvalue weighted by Gasteiger charge is 2.54. The number of piperidine rings is 7. The molecule has 806 valence electrons. The highest BCUT2D eigenvalue weighted by molar-refractivity contribution is 5.89. The number of carbonyl (C=O) groups is 7. The number of hydrogen-bond donors (Lipinski definition) is 1. The number of phenols is 1. The summed E-state index contributed by atoms with van der Waals surface area (Å²) in [7, 11) is 14.8. The van der Waals surface area contributed by atoms with Gasteiger partial charge in [-0.15, -0.1) is 0 Å². The minimum Gasteiger partial charge on any atom is -0.507 e. The quantitative estimate of drug-likeness (QED) is 0.0402. The van der Waals surface area contributed by atoms with Crippen molar-refractivity contribution in [2.75, 3.05) is 49.3 Å². The Bertz CT molecular complexity index is 3800. The van der Waals surface area contributed by atoms with Gasteiger partial charge in [-0.25, -0.2) is 0 Å². The minimum atomic E-state index is -1.34. The number of unbranched alkanes of at least 4 members (excludes halogenated alkanes) is 6. The molecule has 5 unspecified atom stereocenters. The zero-order valence-electron chi connectivity index (χ0n) is 98.1. The third-order valence-corrected chi connectivity index (χ3v) is 35.6. The van der Waals surface area contributed by atoms with E-state index in [-0.39, 0.29) is 131 Å². The number of ether oxygens (including phenoxy) is 7. The molecule has 22 nitrogen and oxygen atoms in total. The summed E-state index contributed by atoms with van der Waals surface area (Å²) in [6, 6.07) is 4.22. The van der Waals surface area contributed by atoms with Gasteiger partial charge >= 0.3 is 41.8 Å². The molecule has 7 aliphatic heterocycles. The van der Waals surface area contributed by atoms with Gasteiger partial charge in [-0.05, 0) is 308 Å². The SMILES string of the molecule is CCC(C)C(C)CC.CCCCC(Cc1cc(C(C)(C)C)c(O)c(C(C)(C)C)c1)C(=O)OC1CC(C)(C)N(C)C(C)(C)C1.CN1C(C)(C)CC(OC(=O)CC(C(=O)OC2CC(C)(C)N(C)C(C)(C)C2)C(CC(=O)OC2CC(C)(C)N(C)C(C)(C)C2)C(=O)OC2CC(C)(C)N(C)C(C)(C)C2)CC1(C)C.CN1C(C)(C)CC(OC(=O)CCCCCCCCC(=O)OC2CC(C)(C)N(C)C(C)(C)C2)CC1(C)C. The maximum Gasteiger partial charge on any atom is 0.310 e. The number of nitrogens with zero attached hydrogens (tertiary/aromatic N) is 7. The summed E-state index contributed by atoms with van der Waals surface area (Å²) in [5.74, 6) is -3.41. The number of phenolic OH excluding ortho intramolecular Hbond substituents is 1. The number of rotatable bonds is 32. The fourth-order valence-electron chi connectivity index (χ4n) is 24.4. The van der Waals surface area contributed by atoms with Gasteiger partial charge in [0.15, 0.2) is 0 Å². The molecular weight excluding hydrogens is 1740 g/mol. The van der Waals surface area contributed by atoms with Gasteiger partial charge in [0.05, 0.1) is 30.6 Å². The number of carbonyl (C=O) groups excluding carboxylic acids is 7. The molecule has 1 aromatic carbocycles. The van der Waals surface area contributed by atoms with E-state index >= 15 is 0 Å². The first-order valence-corrected chi connectivity index (χ1v) is 54.3. The molecule has 5 atom stereocenters. The molecule has 7 aliphatic rings. The Morgan fingerprint density at radius 1 is 0.309 bits per heavy atom. The molecule has 7 fully saturated rings. The molecule has 0 spiro atoms. The van der Waals surface area contributed by atoms with Crippen LogP contribution in [-0.2, 0) is 84.0 Å². The van der Waals surface area contributed by atoms with Gasteiger partial charge in [0.25, 0.3) is 0 Å². The van der Waals surface area contributed by atoms with E-state index in [0.29, 0.717) is 76.4 Å². The lowest BCUT2D eigenvalue weighted by atomic mass is 9.77. The summed E-state index contributed by atoms with van der Waals surface area (Å²) in [6.45, 7) is 85.0. The van der Waals surface area contributed by atoms with E-state index in [0.717, 1.165) is 125 Å². The molecule has 0 radical (unpaired) electrons. The predicted octanol–water partition coefficient (Wildman–Crippen LogP) is 24.9. The van der Waals surface area contributed by atoms with Crippen LogP contribution in [0, 0.1) is 29.6 Å². The van der Waals surface area contributed by atoms with Crippen LogP contribution in [0.1, 0.15) is 473 Å². The summed E-state index contributed by atoms with van der Waals surface area (Å²) in [5.41, 5.74) is 0.529. The van der Waals surface area contributed by atoms with Gasteiger partial charge in [0.2, 0.25) is 0 Å². The average molecular weight is 1960 g/mol. The van der Waals surface area contributed by atoms with Crippen molar-refractivity contribution < 1.29 is 71.8 Å². The normalized spacial score (nSPS) is 24.6. The maximum absolute atomic E-state index is 14.8. The van der Waals surface area contributed by atoms with E-state index in [1.54, 1.807) is 0 Å². The summed E-state index contributed by atoms with van der Waals surface area (Å²) in [6.07, 6.45) is 20.4. The third kappa shape index (κ3) is 34.8. The van der Waals surface area contributed by atoms with E-state index in [1.165, 1.54) is 12.8 Å². The lowest BCUT2D eigenvalue weighted by molar-refractivity contribution is -0.182. The van der Waals surface area contributed by atoms with Crippen LogP contribution in [-0.4, -0.2) is 251 Å². The monoisotopic (exact) mass is 1960 g/mol. The fourth-order valence-corrected chi connectivity index (χ4v) is 24.4. The molecular formula is C117H213N7O15. The van der Waals surface area contributed by atoms with E-state index < -0.39 is 73.0 Å². The summed E-state index contributed by atoms with van der Waals surface area (Å²) >= 11 is 0. The Kier molecular flexibility index (Phi) is 42.9. The Morgan fingerprint density at radius 3 is 0.705 bits per heavy atom. The number of benzene rings is 1. The Hall–Kier alpha value is -4.97. The topological polar surface area (TPSA) is 227 Å². The van der Waals surface area contributed by atoms with Crippen molar-refractivity contribution in [3.8, 4) is 5.75 Å². The van der Waals surface area contributed by atoms with Crippen LogP contribution in [0.25, 0.3) is 0 Å². The third-order valence-electron chi connectivity index (χ3n) is 35.6. The molecule has 7 heterocycles. The van der Waals surface area contributed by atoms with Crippen molar-refractivity contribution in [1.29, 1.82) is 0 Å². The summed E-state index contributed by atoms with van der Waals surface area (Å²) in [4.78, 5) is 113. The predicted molar refractivity (Wildman–Crippen MR) is 570 cm³/mol. The van der Waals surface area contributed by atoms with Gasteiger partial charge < -0.3 is 38.3 Å². The van der Waals surface area contributed by atoms with Crippen molar-refractivity contribution >= 4 is 41.8 Å². The Morgan fingerprint density at radius 2 is 0.504 bits per heavy atom. The van der Waals surface area contributed by atoms with Crippen LogP contribution in [0.2, 0.25) is 0 Å². The second-order valence-electron chi connectivity index (χ2n) is 55.4. The van der Waals surface area contributed by atoms with Crippen molar-refractivity contribution in [3.05, 3.63) is 28.8 Å². The van der Waals surface area contributed by atoms with Crippen LogP contribution in [0.5, 0.6) is 5.75 Å². The minimum absolute atomic E-state index is 0.00474. The molecule has 22 heteroatoms. The molecule has 1 N–H and O–H groups in total. The van der Waals surface area contributed by atoms with Crippen molar-refractivity contribution in [2.24, 2.45) is 29.6 Å². The molecule has 0 saturated carbocycles. The van der Waals surface area contributed by atoms with E-state index in [1.807, 2.05) is 0 Å². The molecule has 1 aromatic rings. The van der Waals surface area contributed by atoms with Gasteiger partial charge in [-0.2, -0.15) is 0 Å². The second-order valence-corrected chi connectivity index (χ2v) is 55.4. The zero-order valence-corrected chi connectivity index (χ0v) is 98.1. The first kappa shape index (κ1) is 124. The first-order valence-electron chi connectivity index (χ1n) is 54.3. The highest BCUT2D eigenvalue weighted by atomic mass is 16.6. The lowest BCUT2D eigenvalue weighted by Crippen LogP contribution is -2.61. The lowest BCUT2D eigenvalue weighted by Gasteiger charge is -2.53. The number of esters is 7. The number of hydrogen-bond acceptors (Lipinski definition) is 22. The summed E-state index contributed by atoms with van der Waals surface area (Å²) in [5, 5.41) is 11.1. The first-order chi connectivity index (χ1) is 62.9. The van der Waals surface area contributed by atoms with Gasteiger partial charge in [0, 0.05) is 180 Å². The van der Waals surface area contributed by atoms with Crippen molar-refractivity contribution in [3.63, 3.8) is 0 Å². The zero-order chi connectivity index (χ0) is 107. The van der Waals surface area contributed by atoms with Gasteiger partial charge in [-0.1, -0.05) is 140 Å². The number of likely N-dealkylation sites (tertiary alicyclic amines) is 7. The molecule has 8 rings (SSSR count). The van der Waals surface area contributed by atoms with Crippen LogP contribution in [0.3, 0.4) is 0 Å². The van der Waals surface area contributed by atoms with E-state index in [9.17, 15) is 38.7 Å². The molecule has 0 amide bonds. The maximum atomic E-state index is 14.8. The van der Waals surface area contributed by atoms with Crippen molar-refractivity contribution in [2.45, 2.75) is 594 Å².